The van der Waals surface area contributed by atoms with E-state index in [1.165, 1.54) is 263 Å². The highest BCUT2D eigenvalue weighted by Gasteiger charge is 2.30. The first-order valence-corrected chi connectivity index (χ1v) is 45.7. The monoisotopic (exact) mass is 1480 g/mol. The molecule has 101 heavy (non-hydrogen) atoms. The molecule has 600 valence electrons. The zero-order valence-electron chi connectivity index (χ0n) is 66.1. The number of ether oxygens (including phenoxy) is 4. The van der Waals surface area contributed by atoms with Crippen LogP contribution in [0.15, 0.2) is 0 Å². The van der Waals surface area contributed by atoms with Crippen molar-refractivity contribution in [3.8, 4) is 0 Å². The average molecular weight is 1480 g/mol. The van der Waals surface area contributed by atoms with Gasteiger partial charge in [0.15, 0.2) is 12.2 Å². The van der Waals surface area contributed by atoms with Crippen molar-refractivity contribution in [1.29, 1.82) is 0 Å². The molecule has 6 atom stereocenters. The van der Waals surface area contributed by atoms with Crippen LogP contribution in [0, 0.1) is 5.92 Å². The maximum Gasteiger partial charge on any atom is 0.472 e. The van der Waals surface area contributed by atoms with E-state index in [0.717, 1.165) is 95.8 Å². The molecule has 0 spiro atoms. The van der Waals surface area contributed by atoms with E-state index in [4.69, 9.17) is 37.0 Å². The SMILES string of the molecule is CCCCCCCCCCCCCCCCCCCCCCC(=O)O[C@H](COC(=O)CCCCCCCCCCCCCCCCCCC)COP(=O)(O)OC[C@@H](O)COP(=O)(O)OC[C@@H](COC(=O)CCCCCCCCCCCCCC)OC(=O)CCCCCCCCCCC(C)CC. The van der Waals surface area contributed by atoms with E-state index in [1.807, 2.05) is 0 Å². The van der Waals surface area contributed by atoms with Gasteiger partial charge in [-0.3, -0.25) is 37.3 Å². The van der Waals surface area contributed by atoms with Crippen molar-refractivity contribution >= 4 is 39.5 Å². The van der Waals surface area contributed by atoms with Crippen molar-refractivity contribution in [3.63, 3.8) is 0 Å². The molecule has 0 fully saturated rings. The summed E-state index contributed by atoms with van der Waals surface area (Å²) >= 11 is 0. The fourth-order valence-corrected chi connectivity index (χ4v) is 14.3. The lowest BCUT2D eigenvalue weighted by atomic mass is 9.99. The molecular formula is C82H160O17P2. The van der Waals surface area contributed by atoms with Gasteiger partial charge in [0.1, 0.15) is 19.3 Å². The summed E-state index contributed by atoms with van der Waals surface area (Å²) in [4.78, 5) is 73.1. The Morgan fingerprint density at radius 3 is 0.703 bits per heavy atom. The molecule has 0 aliphatic rings. The third-order valence-electron chi connectivity index (χ3n) is 19.6. The van der Waals surface area contributed by atoms with Gasteiger partial charge in [-0.1, -0.05) is 388 Å². The fourth-order valence-electron chi connectivity index (χ4n) is 12.7. The average Bonchev–Trinajstić information content (AvgIpc) is 0.934. The number of phosphoric acid groups is 2. The Labute approximate surface area is 619 Å². The van der Waals surface area contributed by atoms with Crippen molar-refractivity contribution in [2.75, 3.05) is 39.6 Å². The number of aliphatic hydroxyl groups excluding tert-OH is 1. The van der Waals surface area contributed by atoms with E-state index in [-0.39, 0.29) is 25.7 Å². The van der Waals surface area contributed by atoms with Crippen molar-refractivity contribution in [2.24, 2.45) is 5.92 Å². The summed E-state index contributed by atoms with van der Waals surface area (Å²) in [6.07, 6.45) is 66.6. The Morgan fingerprint density at radius 1 is 0.277 bits per heavy atom. The Kier molecular flexibility index (Phi) is 73.5. The molecule has 0 bridgehead atoms. The molecular weight excluding hydrogens is 1320 g/mol. The van der Waals surface area contributed by atoms with Gasteiger partial charge < -0.3 is 33.8 Å². The van der Waals surface area contributed by atoms with Gasteiger partial charge in [0.05, 0.1) is 26.4 Å². The molecule has 3 unspecified atom stereocenters. The maximum absolute atomic E-state index is 13.1. The maximum atomic E-state index is 13.1. The molecule has 0 aromatic carbocycles. The molecule has 0 aliphatic heterocycles. The summed E-state index contributed by atoms with van der Waals surface area (Å²) in [6, 6.07) is 0. The number of unbranched alkanes of at least 4 members (excludes halogenated alkanes) is 53. The van der Waals surface area contributed by atoms with E-state index in [2.05, 4.69) is 34.6 Å². The van der Waals surface area contributed by atoms with Gasteiger partial charge in [0.2, 0.25) is 0 Å². The minimum atomic E-state index is -4.96. The second-order valence-corrected chi connectivity index (χ2v) is 32.7. The van der Waals surface area contributed by atoms with Crippen LogP contribution >= 0.6 is 15.6 Å². The van der Waals surface area contributed by atoms with Gasteiger partial charge in [-0.15, -0.1) is 0 Å². The van der Waals surface area contributed by atoms with Gasteiger partial charge in [-0.25, -0.2) is 9.13 Å². The minimum Gasteiger partial charge on any atom is -0.462 e. The summed E-state index contributed by atoms with van der Waals surface area (Å²) in [5.74, 6) is -1.34. The number of carbonyl (C=O) groups is 4. The molecule has 0 rings (SSSR count). The van der Waals surface area contributed by atoms with E-state index < -0.39 is 97.5 Å². The minimum absolute atomic E-state index is 0.106. The van der Waals surface area contributed by atoms with Crippen LogP contribution < -0.4 is 0 Å². The summed E-state index contributed by atoms with van der Waals surface area (Å²) in [6.45, 7) is 7.33. The van der Waals surface area contributed by atoms with Crippen LogP contribution in [0.3, 0.4) is 0 Å². The Hall–Kier alpha value is -1.94. The standard InChI is InChI=1S/C82H160O17P2/c1-6-10-13-16-19-22-25-28-30-32-33-34-36-38-40-43-46-52-57-62-67-81(86)98-77(71-92-80(85)66-61-56-51-45-42-39-37-35-31-29-26-23-20-17-14-11-7-2)73-96-100(88,89)94-69-76(83)70-95-101(90,91)97-74-78(99-82(87)68-63-58-53-48-47-49-54-59-64-75(5)9-4)72-93-79(84)65-60-55-50-44-41-27-24-21-18-15-12-8-3/h75-78,83H,6-74H2,1-5H3,(H,88,89)(H,90,91)/t75?,76-,77-,78-/m1/s1. The second kappa shape index (κ2) is 74.9. The first-order valence-electron chi connectivity index (χ1n) is 42.7. The third-order valence-corrected chi connectivity index (χ3v) is 21.5. The lowest BCUT2D eigenvalue weighted by Gasteiger charge is -2.21. The Bertz CT molecular complexity index is 1930. The molecule has 0 aromatic rings. The summed E-state index contributed by atoms with van der Waals surface area (Å²) in [5, 5.41) is 10.6. The molecule has 0 aromatic heterocycles. The predicted molar refractivity (Wildman–Crippen MR) is 414 cm³/mol. The first-order chi connectivity index (χ1) is 49.1. The van der Waals surface area contributed by atoms with Crippen LogP contribution in [-0.2, 0) is 65.4 Å². The van der Waals surface area contributed by atoms with Crippen LogP contribution in [-0.4, -0.2) is 96.7 Å². The van der Waals surface area contributed by atoms with E-state index in [0.29, 0.717) is 25.7 Å². The molecule has 0 aliphatic carbocycles. The highest BCUT2D eigenvalue weighted by molar-refractivity contribution is 7.47. The zero-order chi connectivity index (χ0) is 74.1. The lowest BCUT2D eigenvalue weighted by molar-refractivity contribution is -0.161. The van der Waals surface area contributed by atoms with Gasteiger partial charge in [-0.2, -0.15) is 0 Å². The smallest absolute Gasteiger partial charge is 0.462 e. The third kappa shape index (κ3) is 74.7. The number of carbonyl (C=O) groups excluding carboxylic acids is 4. The molecule has 0 amide bonds. The zero-order valence-corrected chi connectivity index (χ0v) is 67.8. The van der Waals surface area contributed by atoms with Crippen LogP contribution in [0.5, 0.6) is 0 Å². The number of phosphoric ester groups is 2. The number of hydrogen-bond acceptors (Lipinski definition) is 15. The van der Waals surface area contributed by atoms with E-state index in [1.54, 1.807) is 0 Å². The second-order valence-electron chi connectivity index (χ2n) is 29.8. The van der Waals surface area contributed by atoms with Crippen LogP contribution in [0.25, 0.3) is 0 Å². The van der Waals surface area contributed by atoms with Gasteiger partial charge in [0.25, 0.3) is 0 Å². The largest absolute Gasteiger partial charge is 0.472 e. The number of esters is 4. The number of hydrogen-bond donors (Lipinski definition) is 3. The molecule has 3 N–H and O–H groups in total. The quantitative estimate of drug-likeness (QED) is 0.0222. The molecule has 0 saturated carbocycles. The van der Waals surface area contributed by atoms with Crippen LogP contribution in [0.4, 0.5) is 0 Å². The van der Waals surface area contributed by atoms with E-state index in [9.17, 15) is 43.2 Å². The fraction of sp³-hybridized carbons (Fsp3) is 0.951. The van der Waals surface area contributed by atoms with Crippen LogP contribution in [0.1, 0.15) is 439 Å². The predicted octanol–water partition coefficient (Wildman–Crippen LogP) is 24.8. The summed E-state index contributed by atoms with van der Waals surface area (Å²) < 4.78 is 68.8. The Morgan fingerprint density at radius 2 is 0.475 bits per heavy atom. The highest BCUT2D eigenvalue weighted by Crippen LogP contribution is 2.45. The van der Waals surface area contributed by atoms with Gasteiger partial charge in [-0.05, 0) is 31.6 Å². The first kappa shape index (κ1) is 99.1. The highest BCUT2D eigenvalue weighted by atomic mass is 31.2. The lowest BCUT2D eigenvalue weighted by Crippen LogP contribution is -2.30. The Balaban J connectivity index is 5.24. The van der Waals surface area contributed by atoms with Crippen molar-refractivity contribution in [2.45, 2.75) is 457 Å². The topological polar surface area (TPSA) is 237 Å². The van der Waals surface area contributed by atoms with Crippen molar-refractivity contribution in [3.05, 3.63) is 0 Å². The molecule has 19 heteroatoms. The summed E-state index contributed by atoms with van der Waals surface area (Å²) in [7, 11) is -9.92. The molecule has 0 saturated heterocycles. The van der Waals surface area contributed by atoms with Crippen molar-refractivity contribution < 1.29 is 80.2 Å². The van der Waals surface area contributed by atoms with Crippen molar-refractivity contribution in [1.82, 2.24) is 0 Å². The molecule has 17 nitrogen and oxygen atoms in total. The van der Waals surface area contributed by atoms with E-state index >= 15 is 0 Å². The summed E-state index contributed by atoms with van der Waals surface area (Å²) in [5.41, 5.74) is 0. The number of rotatable bonds is 82. The number of aliphatic hydroxyl groups is 1. The van der Waals surface area contributed by atoms with Crippen LogP contribution in [0.2, 0.25) is 0 Å². The molecule has 0 heterocycles. The van der Waals surface area contributed by atoms with Gasteiger partial charge >= 0.3 is 39.5 Å². The normalized spacial score (nSPS) is 14.1. The van der Waals surface area contributed by atoms with Gasteiger partial charge in [0, 0.05) is 25.7 Å². The molecule has 0 radical (unpaired) electrons.